The first-order valence-corrected chi connectivity index (χ1v) is 9.77. The molecule has 1 atom stereocenters. The number of thioether (sulfide) groups is 2. The predicted molar refractivity (Wildman–Crippen MR) is 94.5 cm³/mol. The number of hydrogen-bond acceptors (Lipinski definition) is 3. The molecule has 0 heterocycles. The van der Waals surface area contributed by atoms with Gasteiger partial charge >= 0.3 is 0 Å². The average Bonchev–Trinajstić information content (AvgIpc) is 2.99. The second kappa shape index (κ2) is 8.96. The van der Waals surface area contributed by atoms with Gasteiger partial charge in [-0.2, -0.15) is 11.8 Å². The lowest BCUT2D eigenvalue weighted by Gasteiger charge is -2.13. The molecule has 1 amide bonds. The molecule has 1 aromatic carbocycles. The highest BCUT2D eigenvalue weighted by Gasteiger charge is 2.16. The molecule has 0 aliphatic heterocycles. The van der Waals surface area contributed by atoms with Gasteiger partial charge in [-0.3, -0.25) is 4.79 Å². The van der Waals surface area contributed by atoms with Gasteiger partial charge in [-0.15, -0.1) is 11.8 Å². The van der Waals surface area contributed by atoms with E-state index in [0.29, 0.717) is 0 Å². The van der Waals surface area contributed by atoms with Gasteiger partial charge in [-0.05, 0) is 44.0 Å². The fourth-order valence-corrected chi connectivity index (χ4v) is 4.61. The summed E-state index contributed by atoms with van der Waals surface area (Å²) in [4.78, 5) is 13.1. The van der Waals surface area contributed by atoms with E-state index in [2.05, 4.69) is 5.32 Å². The first-order valence-electron chi connectivity index (χ1n) is 7.46. The summed E-state index contributed by atoms with van der Waals surface area (Å²) in [6, 6.07) is 7.61. The second-order valence-electron chi connectivity index (χ2n) is 5.28. The SMILES string of the molecule is CC(Sc1ccc(Cl)cc1)C(=O)NCCSC1CCCC1. The van der Waals surface area contributed by atoms with Crippen LogP contribution in [0.2, 0.25) is 5.02 Å². The van der Waals surface area contributed by atoms with E-state index in [1.165, 1.54) is 25.7 Å². The lowest BCUT2D eigenvalue weighted by atomic mass is 10.4. The molecule has 1 aliphatic carbocycles. The monoisotopic (exact) mass is 343 g/mol. The van der Waals surface area contributed by atoms with Crippen LogP contribution in [0.4, 0.5) is 0 Å². The van der Waals surface area contributed by atoms with Gasteiger partial charge < -0.3 is 5.32 Å². The van der Waals surface area contributed by atoms with Crippen LogP contribution in [-0.4, -0.2) is 28.7 Å². The van der Waals surface area contributed by atoms with Crippen LogP contribution in [-0.2, 0) is 4.79 Å². The minimum Gasteiger partial charge on any atom is -0.354 e. The first kappa shape index (κ1) is 17.0. The minimum absolute atomic E-state index is 0.0809. The van der Waals surface area contributed by atoms with Crippen molar-refractivity contribution < 1.29 is 4.79 Å². The van der Waals surface area contributed by atoms with Crippen molar-refractivity contribution in [1.29, 1.82) is 0 Å². The number of benzene rings is 1. The average molecular weight is 344 g/mol. The number of carbonyl (C=O) groups excluding carboxylic acids is 1. The third-order valence-electron chi connectivity index (χ3n) is 3.55. The highest BCUT2D eigenvalue weighted by molar-refractivity contribution is 8.00. The van der Waals surface area contributed by atoms with E-state index < -0.39 is 0 Å². The Hall–Kier alpha value is -0.320. The van der Waals surface area contributed by atoms with Gasteiger partial charge in [0.2, 0.25) is 5.91 Å². The van der Waals surface area contributed by atoms with Gasteiger partial charge in [-0.25, -0.2) is 0 Å². The van der Waals surface area contributed by atoms with Crippen LogP contribution in [0.1, 0.15) is 32.6 Å². The topological polar surface area (TPSA) is 29.1 Å². The number of amides is 1. The third-order valence-corrected chi connectivity index (χ3v) is 6.30. The van der Waals surface area contributed by atoms with Crippen LogP contribution in [0, 0.1) is 0 Å². The minimum atomic E-state index is -0.0809. The van der Waals surface area contributed by atoms with E-state index in [1.54, 1.807) is 11.8 Å². The highest BCUT2D eigenvalue weighted by atomic mass is 35.5. The molecule has 1 saturated carbocycles. The van der Waals surface area contributed by atoms with Crippen molar-refractivity contribution >= 4 is 41.0 Å². The zero-order chi connectivity index (χ0) is 15.1. The number of hydrogen-bond donors (Lipinski definition) is 1. The molecule has 1 aromatic rings. The molecule has 1 unspecified atom stereocenters. The normalized spacial score (nSPS) is 16.9. The van der Waals surface area contributed by atoms with Crippen molar-refractivity contribution in [2.45, 2.75) is 48.0 Å². The summed E-state index contributed by atoms with van der Waals surface area (Å²) < 4.78 is 0. The molecule has 2 rings (SSSR count). The van der Waals surface area contributed by atoms with E-state index in [4.69, 9.17) is 11.6 Å². The maximum atomic E-state index is 12.0. The van der Waals surface area contributed by atoms with Crippen molar-refractivity contribution in [2.24, 2.45) is 0 Å². The van der Waals surface area contributed by atoms with Crippen molar-refractivity contribution in [1.82, 2.24) is 5.32 Å². The third kappa shape index (κ3) is 6.13. The van der Waals surface area contributed by atoms with Crippen molar-refractivity contribution in [3.8, 4) is 0 Å². The summed E-state index contributed by atoms with van der Waals surface area (Å²) in [7, 11) is 0. The summed E-state index contributed by atoms with van der Waals surface area (Å²) >= 11 is 9.43. The molecule has 1 N–H and O–H groups in total. The number of halogens is 1. The standard InChI is InChI=1S/C16H22ClNOS2/c1-12(21-15-8-6-13(17)7-9-15)16(19)18-10-11-20-14-4-2-3-5-14/h6-9,12,14H,2-5,10-11H2,1H3,(H,18,19). The van der Waals surface area contributed by atoms with Crippen LogP contribution < -0.4 is 5.32 Å². The molecule has 5 heteroatoms. The number of carbonyl (C=O) groups is 1. The molecule has 1 fully saturated rings. The molecular formula is C16H22ClNOS2. The van der Waals surface area contributed by atoms with E-state index in [-0.39, 0.29) is 11.2 Å². The van der Waals surface area contributed by atoms with Crippen LogP contribution in [0.3, 0.4) is 0 Å². The maximum Gasteiger partial charge on any atom is 0.233 e. The van der Waals surface area contributed by atoms with Gasteiger partial charge in [0.1, 0.15) is 0 Å². The molecule has 0 bridgehead atoms. The highest BCUT2D eigenvalue weighted by Crippen LogP contribution is 2.29. The predicted octanol–water partition coefficient (Wildman–Crippen LogP) is 4.61. The van der Waals surface area contributed by atoms with E-state index >= 15 is 0 Å². The summed E-state index contributed by atoms with van der Waals surface area (Å²) in [6.45, 7) is 2.71. The molecule has 0 saturated heterocycles. The summed E-state index contributed by atoms with van der Waals surface area (Å²) in [5.41, 5.74) is 0. The molecule has 21 heavy (non-hydrogen) atoms. The fourth-order valence-electron chi connectivity index (χ4n) is 2.37. The molecule has 2 nitrogen and oxygen atoms in total. The fraction of sp³-hybridized carbons (Fsp3) is 0.562. The van der Waals surface area contributed by atoms with Crippen LogP contribution in [0.15, 0.2) is 29.2 Å². The molecule has 1 aliphatic rings. The maximum absolute atomic E-state index is 12.0. The lowest BCUT2D eigenvalue weighted by molar-refractivity contribution is -0.120. The summed E-state index contributed by atoms with van der Waals surface area (Å²) in [5.74, 6) is 1.14. The van der Waals surface area contributed by atoms with Crippen molar-refractivity contribution in [3.05, 3.63) is 29.3 Å². The Bertz CT molecular complexity index is 446. The van der Waals surface area contributed by atoms with Gasteiger partial charge in [0, 0.05) is 27.5 Å². The Kier molecular flexibility index (Phi) is 7.27. The molecule has 116 valence electrons. The quantitative estimate of drug-likeness (QED) is 0.579. The van der Waals surface area contributed by atoms with E-state index in [1.807, 2.05) is 43.0 Å². The zero-order valence-corrected chi connectivity index (χ0v) is 14.7. The number of rotatable bonds is 7. The summed E-state index contributed by atoms with van der Waals surface area (Å²) in [5, 5.41) is 4.50. The first-order chi connectivity index (χ1) is 10.1. The van der Waals surface area contributed by atoms with Gasteiger partial charge in [-0.1, -0.05) is 24.4 Å². The molecule has 0 radical (unpaired) electrons. The second-order valence-corrected chi connectivity index (χ2v) is 8.54. The Labute approximate surface area is 140 Å². The van der Waals surface area contributed by atoms with Gasteiger partial charge in [0.25, 0.3) is 0 Å². The Balaban J connectivity index is 1.63. The van der Waals surface area contributed by atoms with Crippen molar-refractivity contribution in [2.75, 3.05) is 12.3 Å². The molecule has 0 spiro atoms. The Morgan fingerprint density at radius 1 is 1.33 bits per heavy atom. The lowest BCUT2D eigenvalue weighted by Crippen LogP contribution is -2.32. The van der Waals surface area contributed by atoms with Crippen LogP contribution >= 0.6 is 35.1 Å². The Morgan fingerprint density at radius 2 is 2.00 bits per heavy atom. The number of nitrogens with one attached hydrogen (secondary N) is 1. The Morgan fingerprint density at radius 3 is 2.67 bits per heavy atom. The van der Waals surface area contributed by atoms with E-state index in [0.717, 1.165) is 27.5 Å². The van der Waals surface area contributed by atoms with Crippen molar-refractivity contribution in [3.63, 3.8) is 0 Å². The molecular weight excluding hydrogens is 322 g/mol. The van der Waals surface area contributed by atoms with E-state index in [9.17, 15) is 4.79 Å². The zero-order valence-electron chi connectivity index (χ0n) is 12.3. The van der Waals surface area contributed by atoms with Gasteiger partial charge in [0.05, 0.1) is 5.25 Å². The van der Waals surface area contributed by atoms with Crippen LogP contribution in [0.5, 0.6) is 0 Å². The molecule has 0 aromatic heterocycles. The largest absolute Gasteiger partial charge is 0.354 e. The van der Waals surface area contributed by atoms with Crippen LogP contribution in [0.25, 0.3) is 0 Å². The smallest absolute Gasteiger partial charge is 0.233 e. The summed E-state index contributed by atoms with van der Waals surface area (Å²) in [6.07, 6.45) is 5.44. The van der Waals surface area contributed by atoms with Gasteiger partial charge in [0.15, 0.2) is 0 Å².